The van der Waals surface area contributed by atoms with Crippen molar-refractivity contribution < 1.29 is 14.3 Å². The third-order valence-electron chi connectivity index (χ3n) is 3.55. The summed E-state index contributed by atoms with van der Waals surface area (Å²) >= 11 is 0. The molecule has 0 unspecified atom stereocenters. The van der Waals surface area contributed by atoms with E-state index in [0.29, 0.717) is 0 Å². The number of furan rings is 1. The number of carbonyl (C=O) groups is 1. The summed E-state index contributed by atoms with van der Waals surface area (Å²) in [5.74, 6) is 0.137. The molecule has 0 aliphatic heterocycles. The highest BCUT2D eigenvalue weighted by Gasteiger charge is 2.25. The fraction of sp³-hybridized carbons (Fsp3) is 0.400. The van der Waals surface area contributed by atoms with E-state index in [-0.39, 0.29) is 11.8 Å². The second kappa shape index (κ2) is 4.16. The van der Waals surface area contributed by atoms with E-state index in [1.165, 1.54) is 0 Å². The zero-order valence-electron chi connectivity index (χ0n) is 11.2. The van der Waals surface area contributed by atoms with Crippen molar-refractivity contribution in [3.05, 3.63) is 35.1 Å². The molecular weight excluding hydrogens is 228 g/mol. The molecule has 0 bridgehead atoms. The normalized spacial score (nSPS) is 12.0. The Kier molecular flexibility index (Phi) is 2.93. The number of fused-ring (bicyclic) bond motifs is 1. The quantitative estimate of drug-likeness (QED) is 0.896. The van der Waals surface area contributed by atoms with Gasteiger partial charge < -0.3 is 9.52 Å². The predicted molar refractivity (Wildman–Crippen MR) is 71.0 cm³/mol. The molecule has 1 aromatic heterocycles. The Balaban J connectivity index is 2.52. The van der Waals surface area contributed by atoms with Crippen LogP contribution in [-0.2, 0) is 10.2 Å². The van der Waals surface area contributed by atoms with Gasteiger partial charge in [-0.05, 0) is 37.1 Å². The van der Waals surface area contributed by atoms with Crippen molar-refractivity contribution in [2.45, 2.75) is 39.5 Å². The standard InChI is InChI=1S/C15H18O3/c1-9-10(2)18-13-6-5-11(7-12(9)13)15(3,4)8-14(16)17/h5-7H,8H2,1-4H3,(H,16,17). The number of benzene rings is 1. The van der Waals surface area contributed by atoms with Crippen LogP contribution in [0.5, 0.6) is 0 Å². The van der Waals surface area contributed by atoms with Gasteiger partial charge in [0.15, 0.2) is 0 Å². The summed E-state index contributed by atoms with van der Waals surface area (Å²) in [5, 5.41) is 10.0. The van der Waals surface area contributed by atoms with Crippen molar-refractivity contribution in [1.29, 1.82) is 0 Å². The molecule has 18 heavy (non-hydrogen) atoms. The van der Waals surface area contributed by atoms with E-state index in [0.717, 1.165) is 27.9 Å². The number of hydrogen-bond donors (Lipinski definition) is 1. The summed E-state index contributed by atoms with van der Waals surface area (Å²) in [6.07, 6.45) is 0.119. The van der Waals surface area contributed by atoms with Gasteiger partial charge in [0.05, 0.1) is 6.42 Å². The Hall–Kier alpha value is -1.77. The van der Waals surface area contributed by atoms with E-state index < -0.39 is 5.97 Å². The monoisotopic (exact) mass is 246 g/mol. The van der Waals surface area contributed by atoms with Crippen LogP contribution in [0.1, 0.15) is 37.2 Å². The Morgan fingerprint density at radius 1 is 1.33 bits per heavy atom. The van der Waals surface area contributed by atoms with Gasteiger partial charge in [-0.25, -0.2) is 0 Å². The van der Waals surface area contributed by atoms with Crippen LogP contribution in [0.25, 0.3) is 11.0 Å². The van der Waals surface area contributed by atoms with E-state index in [2.05, 4.69) is 0 Å². The topological polar surface area (TPSA) is 50.4 Å². The number of aryl methyl sites for hydroxylation is 2. The lowest BCUT2D eigenvalue weighted by Crippen LogP contribution is -2.21. The Labute approximate surface area is 106 Å². The molecule has 0 aliphatic carbocycles. The molecule has 96 valence electrons. The van der Waals surface area contributed by atoms with E-state index in [1.807, 2.05) is 45.9 Å². The molecule has 0 amide bonds. The molecule has 3 nitrogen and oxygen atoms in total. The number of carboxylic acid groups (broad SMARTS) is 1. The molecule has 0 saturated carbocycles. The maximum atomic E-state index is 10.9. The van der Waals surface area contributed by atoms with Crippen LogP contribution in [0.15, 0.2) is 22.6 Å². The maximum Gasteiger partial charge on any atom is 0.304 e. The molecule has 0 spiro atoms. The number of aliphatic carboxylic acids is 1. The summed E-state index contributed by atoms with van der Waals surface area (Å²) in [6, 6.07) is 5.92. The Morgan fingerprint density at radius 2 is 2.00 bits per heavy atom. The highest BCUT2D eigenvalue weighted by Crippen LogP contribution is 2.32. The molecule has 0 aliphatic rings. The molecule has 0 fully saturated rings. The van der Waals surface area contributed by atoms with Gasteiger partial charge in [-0.15, -0.1) is 0 Å². The largest absolute Gasteiger partial charge is 0.481 e. The van der Waals surface area contributed by atoms with Gasteiger partial charge in [-0.3, -0.25) is 4.79 Å². The number of rotatable bonds is 3. The van der Waals surface area contributed by atoms with Gasteiger partial charge in [-0.1, -0.05) is 19.9 Å². The summed E-state index contributed by atoms with van der Waals surface area (Å²) < 4.78 is 5.63. The minimum atomic E-state index is -0.778. The summed E-state index contributed by atoms with van der Waals surface area (Å²) in [6.45, 7) is 7.86. The van der Waals surface area contributed by atoms with Crippen molar-refractivity contribution >= 4 is 16.9 Å². The van der Waals surface area contributed by atoms with Crippen LogP contribution in [0, 0.1) is 13.8 Å². The van der Waals surface area contributed by atoms with Crippen molar-refractivity contribution in [2.24, 2.45) is 0 Å². The van der Waals surface area contributed by atoms with Crippen LogP contribution in [0.2, 0.25) is 0 Å². The Morgan fingerprint density at radius 3 is 2.61 bits per heavy atom. The van der Waals surface area contributed by atoms with Crippen molar-refractivity contribution in [1.82, 2.24) is 0 Å². The van der Waals surface area contributed by atoms with Gasteiger partial charge in [0.2, 0.25) is 0 Å². The van der Waals surface area contributed by atoms with E-state index in [1.54, 1.807) is 0 Å². The van der Waals surface area contributed by atoms with E-state index in [9.17, 15) is 4.79 Å². The molecule has 2 aromatic rings. The van der Waals surface area contributed by atoms with Crippen molar-refractivity contribution in [3.63, 3.8) is 0 Å². The lowest BCUT2D eigenvalue weighted by Gasteiger charge is -2.23. The maximum absolute atomic E-state index is 10.9. The third-order valence-corrected chi connectivity index (χ3v) is 3.55. The van der Waals surface area contributed by atoms with Gasteiger partial charge in [0, 0.05) is 10.8 Å². The molecule has 1 aromatic carbocycles. The van der Waals surface area contributed by atoms with Crippen LogP contribution < -0.4 is 0 Å². The van der Waals surface area contributed by atoms with Gasteiger partial charge in [0.25, 0.3) is 0 Å². The van der Waals surface area contributed by atoms with Crippen molar-refractivity contribution in [3.8, 4) is 0 Å². The molecule has 1 heterocycles. The first-order valence-electron chi connectivity index (χ1n) is 6.03. The van der Waals surface area contributed by atoms with E-state index >= 15 is 0 Å². The SMILES string of the molecule is Cc1oc2ccc(C(C)(C)CC(=O)O)cc2c1C. The fourth-order valence-electron chi connectivity index (χ4n) is 2.24. The smallest absolute Gasteiger partial charge is 0.304 e. The molecule has 0 atom stereocenters. The minimum absolute atomic E-state index is 0.119. The van der Waals surface area contributed by atoms with Crippen LogP contribution in [0.3, 0.4) is 0 Å². The molecule has 2 rings (SSSR count). The first-order chi connectivity index (χ1) is 8.31. The van der Waals surface area contributed by atoms with Crippen LogP contribution >= 0.6 is 0 Å². The second-order valence-corrected chi connectivity index (χ2v) is 5.45. The van der Waals surface area contributed by atoms with Gasteiger partial charge in [-0.2, -0.15) is 0 Å². The zero-order chi connectivity index (χ0) is 13.5. The predicted octanol–water partition coefficient (Wildman–Crippen LogP) is 3.80. The summed E-state index contributed by atoms with van der Waals surface area (Å²) in [7, 11) is 0. The number of hydrogen-bond acceptors (Lipinski definition) is 2. The van der Waals surface area contributed by atoms with Gasteiger partial charge >= 0.3 is 5.97 Å². The molecule has 3 heteroatoms. The Bertz CT molecular complexity index is 605. The van der Waals surface area contributed by atoms with E-state index in [4.69, 9.17) is 9.52 Å². The zero-order valence-corrected chi connectivity index (χ0v) is 11.2. The van der Waals surface area contributed by atoms with Crippen LogP contribution in [-0.4, -0.2) is 11.1 Å². The average molecular weight is 246 g/mol. The first-order valence-corrected chi connectivity index (χ1v) is 6.03. The third kappa shape index (κ3) is 2.13. The lowest BCUT2D eigenvalue weighted by atomic mass is 9.81. The molecule has 0 radical (unpaired) electrons. The summed E-state index contributed by atoms with van der Waals surface area (Å²) in [4.78, 5) is 10.9. The lowest BCUT2D eigenvalue weighted by molar-refractivity contribution is -0.138. The molecule has 0 saturated heterocycles. The summed E-state index contributed by atoms with van der Waals surface area (Å²) in [5.41, 5.74) is 2.64. The van der Waals surface area contributed by atoms with Crippen LogP contribution in [0.4, 0.5) is 0 Å². The highest BCUT2D eigenvalue weighted by atomic mass is 16.4. The second-order valence-electron chi connectivity index (χ2n) is 5.45. The highest BCUT2D eigenvalue weighted by molar-refractivity contribution is 5.83. The first kappa shape index (κ1) is 12.7. The number of carboxylic acids is 1. The fourth-order valence-corrected chi connectivity index (χ4v) is 2.24. The molecule has 1 N–H and O–H groups in total. The van der Waals surface area contributed by atoms with Gasteiger partial charge in [0.1, 0.15) is 11.3 Å². The molecular formula is C15H18O3. The minimum Gasteiger partial charge on any atom is -0.481 e. The van der Waals surface area contributed by atoms with Crippen molar-refractivity contribution in [2.75, 3.05) is 0 Å². The average Bonchev–Trinajstić information content (AvgIpc) is 2.53.